The Kier molecular flexibility index (Phi) is 2.89. The molecule has 1 fully saturated rings. The summed E-state index contributed by atoms with van der Waals surface area (Å²) in [7, 11) is 0. The topological polar surface area (TPSA) is 23.5 Å². The SMILES string of the molecule is CC1(C)CN(c2cccc(F)c2)CCC1O. The maximum atomic E-state index is 13.1. The van der Waals surface area contributed by atoms with Crippen LogP contribution in [0.4, 0.5) is 10.1 Å². The van der Waals surface area contributed by atoms with Gasteiger partial charge in [-0.2, -0.15) is 0 Å². The molecule has 1 aromatic rings. The number of anilines is 1. The fourth-order valence-electron chi connectivity index (χ4n) is 2.24. The van der Waals surface area contributed by atoms with E-state index < -0.39 is 0 Å². The molecule has 0 bridgehead atoms. The van der Waals surface area contributed by atoms with E-state index in [2.05, 4.69) is 4.90 Å². The van der Waals surface area contributed by atoms with Gasteiger partial charge in [-0.3, -0.25) is 0 Å². The zero-order valence-electron chi connectivity index (χ0n) is 9.78. The van der Waals surface area contributed by atoms with Crippen molar-refractivity contribution in [1.82, 2.24) is 0 Å². The van der Waals surface area contributed by atoms with Crippen LogP contribution in [-0.4, -0.2) is 24.3 Å². The lowest BCUT2D eigenvalue weighted by Crippen LogP contribution is -2.48. The van der Waals surface area contributed by atoms with Gasteiger partial charge in [0, 0.05) is 24.2 Å². The number of hydrogen-bond acceptors (Lipinski definition) is 2. The predicted molar refractivity (Wildman–Crippen MR) is 63.0 cm³/mol. The standard InChI is InChI=1S/C13H18FNO/c1-13(2)9-15(7-6-12(13)16)11-5-3-4-10(14)8-11/h3-5,8,12,16H,6-7,9H2,1-2H3. The number of benzene rings is 1. The van der Waals surface area contributed by atoms with Crippen LogP contribution in [0.15, 0.2) is 24.3 Å². The molecule has 1 aromatic carbocycles. The normalized spacial score (nSPS) is 24.5. The first kappa shape index (κ1) is 11.4. The van der Waals surface area contributed by atoms with E-state index in [1.54, 1.807) is 12.1 Å². The Hall–Kier alpha value is -1.09. The van der Waals surface area contributed by atoms with Crippen molar-refractivity contribution in [3.8, 4) is 0 Å². The fraction of sp³-hybridized carbons (Fsp3) is 0.538. The Morgan fingerprint density at radius 2 is 2.19 bits per heavy atom. The molecule has 1 heterocycles. The second kappa shape index (κ2) is 4.06. The molecule has 0 spiro atoms. The number of rotatable bonds is 1. The molecule has 88 valence electrons. The highest BCUT2D eigenvalue weighted by molar-refractivity contribution is 5.47. The van der Waals surface area contributed by atoms with E-state index in [1.165, 1.54) is 6.07 Å². The largest absolute Gasteiger partial charge is 0.392 e. The van der Waals surface area contributed by atoms with Crippen LogP contribution in [-0.2, 0) is 0 Å². The Balaban J connectivity index is 2.18. The molecule has 0 saturated carbocycles. The summed E-state index contributed by atoms with van der Waals surface area (Å²) >= 11 is 0. The number of nitrogens with zero attached hydrogens (tertiary/aromatic N) is 1. The number of hydrogen-bond donors (Lipinski definition) is 1. The minimum absolute atomic E-state index is 0.134. The molecule has 1 saturated heterocycles. The predicted octanol–water partition coefficient (Wildman–Crippen LogP) is 2.42. The fourth-order valence-corrected chi connectivity index (χ4v) is 2.24. The van der Waals surface area contributed by atoms with Gasteiger partial charge in [-0.05, 0) is 24.6 Å². The van der Waals surface area contributed by atoms with Gasteiger partial charge in [0.05, 0.1) is 6.10 Å². The maximum absolute atomic E-state index is 13.1. The smallest absolute Gasteiger partial charge is 0.125 e. The minimum atomic E-state index is -0.266. The summed E-state index contributed by atoms with van der Waals surface area (Å²) < 4.78 is 13.1. The second-order valence-electron chi connectivity index (χ2n) is 5.19. The summed E-state index contributed by atoms with van der Waals surface area (Å²) in [5.41, 5.74) is 0.768. The van der Waals surface area contributed by atoms with Gasteiger partial charge in [0.2, 0.25) is 0 Å². The minimum Gasteiger partial charge on any atom is -0.392 e. The van der Waals surface area contributed by atoms with Gasteiger partial charge in [-0.25, -0.2) is 4.39 Å². The molecule has 2 rings (SSSR count). The first-order valence-corrected chi connectivity index (χ1v) is 5.68. The van der Waals surface area contributed by atoms with Crippen LogP contribution in [0, 0.1) is 11.2 Å². The maximum Gasteiger partial charge on any atom is 0.125 e. The third-order valence-electron chi connectivity index (χ3n) is 3.35. The number of halogens is 1. The molecular formula is C13H18FNO. The van der Waals surface area contributed by atoms with Crippen LogP contribution in [0.5, 0.6) is 0 Å². The van der Waals surface area contributed by atoms with Gasteiger partial charge in [-0.1, -0.05) is 19.9 Å². The molecule has 0 radical (unpaired) electrons. The van der Waals surface area contributed by atoms with E-state index >= 15 is 0 Å². The molecule has 0 aliphatic carbocycles. The Labute approximate surface area is 95.7 Å². The lowest BCUT2D eigenvalue weighted by molar-refractivity contribution is 0.0336. The average Bonchev–Trinajstić information content (AvgIpc) is 2.22. The van der Waals surface area contributed by atoms with Gasteiger partial charge in [0.25, 0.3) is 0 Å². The first-order chi connectivity index (χ1) is 7.49. The molecule has 1 unspecified atom stereocenters. The lowest BCUT2D eigenvalue weighted by atomic mass is 9.81. The highest BCUT2D eigenvalue weighted by atomic mass is 19.1. The monoisotopic (exact) mass is 223 g/mol. The zero-order chi connectivity index (χ0) is 11.8. The third kappa shape index (κ3) is 2.19. The van der Waals surface area contributed by atoms with Crippen molar-refractivity contribution < 1.29 is 9.50 Å². The average molecular weight is 223 g/mol. The lowest BCUT2D eigenvalue weighted by Gasteiger charge is -2.42. The third-order valence-corrected chi connectivity index (χ3v) is 3.35. The second-order valence-corrected chi connectivity index (χ2v) is 5.19. The zero-order valence-corrected chi connectivity index (χ0v) is 9.78. The van der Waals surface area contributed by atoms with E-state index in [1.807, 2.05) is 19.9 Å². The van der Waals surface area contributed by atoms with Crippen LogP contribution >= 0.6 is 0 Å². The number of aliphatic hydroxyl groups excluding tert-OH is 1. The summed E-state index contributed by atoms with van der Waals surface area (Å²) in [5, 5.41) is 9.86. The van der Waals surface area contributed by atoms with Gasteiger partial charge in [0.15, 0.2) is 0 Å². The van der Waals surface area contributed by atoms with Crippen molar-refractivity contribution in [2.75, 3.05) is 18.0 Å². The van der Waals surface area contributed by atoms with Crippen molar-refractivity contribution >= 4 is 5.69 Å². The van der Waals surface area contributed by atoms with Crippen molar-refractivity contribution in [2.24, 2.45) is 5.41 Å². The Bertz CT molecular complexity index is 378. The highest BCUT2D eigenvalue weighted by Gasteiger charge is 2.34. The molecule has 0 aromatic heterocycles. The van der Waals surface area contributed by atoms with E-state index in [-0.39, 0.29) is 17.3 Å². The molecule has 16 heavy (non-hydrogen) atoms. The molecule has 0 amide bonds. The summed E-state index contributed by atoms with van der Waals surface area (Å²) in [5.74, 6) is -0.207. The Morgan fingerprint density at radius 1 is 1.44 bits per heavy atom. The highest BCUT2D eigenvalue weighted by Crippen LogP contribution is 2.32. The Morgan fingerprint density at radius 3 is 2.81 bits per heavy atom. The van der Waals surface area contributed by atoms with Gasteiger partial charge in [-0.15, -0.1) is 0 Å². The van der Waals surface area contributed by atoms with Crippen LogP contribution in [0.1, 0.15) is 20.3 Å². The quantitative estimate of drug-likeness (QED) is 0.790. The van der Waals surface area contributed by atoms with Gasteiger partial charge >= 0.3 is 0 Å². The molecule has 3 heteroatoms. The molecule has 1 aliphatic heterocycles. The first-order valence-electron chi connectivity index (χ1n) is 5.68. The summed E-state index contributed by atoms with van der Waals surface area (Å²) in [6, 6.07) is 6.64. The molecule has 1 atom stereocenters. The van der Waals surface area contributed by atoms with Crippen LogP contribution in [0.3, 0.4) is 0 Å². The molecule has 2 nitrogen and oxygen atoms in total. The van der Waals surface area contributed by atoms with Crippen LogP contribution < -0.4 is 4.90 Å². The molecular weight excluding hydrogens is 205 g/mol. The van der Waals surface area contributed by atoms with Gasteiger partial charge < -0.3 is 10.0 Å². The van der Waals surface area contributed by atoms with Crippen molar-refractivity contribution in [3.05, 3.63) is 30.1 Å². The number of piperidine rings is 1. The molecule has 1 N–H and O–H groups in total. The van der Waals surface area contributed by atoms with Gasteiger partial charge in [0.1, 0.15) is 5.82 Å². The van der Waals surface area contributed by atoms with Crippen molar-refractivity contribution in [2.45, 2.75) is 26.4 Å². The van der Waals surface area contributed by atoms with E-state index in [0.717, 1.165) is 25.2 Å². The van der Waals surface area contributed by atoms with Crippen LogP contribution in [0.2, 0.25) is 0 Å². The van der Waals surface area contributed by atoms with E-state index in [0.29, 0.717) is 0 Å². The van der Waals surface area contributed by atoms with E-state index in [4.69, 9.17) is 0 Å². The van der Waals surface area contributed by atoms with Crippen molar-refractivity contribution in [3.63, 3.8) is 0 Å². The summed E-state index contributed by atoms with van der Waals surface area (Å²) in [6.07, 6.45) is 0.473. The van der Waals surface area contributed by atoms with Crippen molar-refractivity contribution in [1.29, 1.82) is 0 Å². The number of aliphatic hydroxyl groups is 1. The van der Waals surface area contributed by atoms with E-state index in [9.17, 15) is 9.50 Å². The summed E-state index contributed by atoms with van der Waals surface area (Å²) in [4.78, 5) is 2.13. The van der Waals surface area contributed by atoms with Crippen LogP contribution in [0.25, 0.3) is 0 Å². The molecule has 1 aliphatic rings. The summed E-state index contributed by atoms with van der Waals surface area (Å²) in [6.45, 7) is 5.64.